The molecule has 4 nitrogen and oxygen atoms in total. The molecule has 0 spiro atoms. The number of hydrogen-bond donors (Lipinski definition) is 2. The van der Waals surface area contributed by atoms with Gasteiger partial charge in [0.25, 0.3) is 0 Å². The van der Waals surface area contributed by atoms with Gasteiger partial charge < -0.3 is 5.73 Å². The van der Waals surface area contributed by atoms with Crippen LogP contribution in [0.5, 0.6) is 0 Å². The first-order chi connectivity index (χ1) is 9.92. The molecule has 3 N–H and O–H groups in total. The number of sulfonamides is 1. The number of rotatable bonds is 5. The van der Waals surface area contributed by atoms with Crippen LogP contribution in [0.4, 0.5) is 5.69 Å². The number of benzene rings is 2. The summed E-state index contributed by atoms with van der Waals surface area (Å²) in [4.78, 5) is 0.189. The normalized spacial score (nSPS) is 11.5. The molecule has 0 radical (unpaired) electrons. The first-order valence-electron chi connectivity index (χ1n) is 6.55. The largest absolute Gasteiger partial charge is 0.398 e. The number of nitrogen functional groups attached to an aromatic ring is 1. The smallest absolute Gasteiger partial charge is 0.240 e. The van der Waals surface area contributed by atoms with E-state index in [1.165, 1.54) is 17.7 Å². The maximum absolute atomic E-state index is 12.2. The second-order valence-corrected chi connectivity index (χ2v) is 7.30. The summed E-state index contributed by atoms with van der Waals surface area (Å²) in [5.74, 6) is 0. The van der Waals surface area contributed by atoms with E-state index in [1.54, 1.807) is 6.07 Å². The monoisotopic (exact) mass is 368 g/mol. The topological polar surface area (TPSA) is 72.2 Å². The highest BCUT2D eigenvalue weighted by molar-refractivity contribution is 9.10. The van der Waals surface area contributed by atoms with E-state index in [0.29, 0.717) is 10.2 Å². The molecule has 0 heterocycles. The van der Waals surface area contributed by atoms with Crippen molar-refractivity contribution >= 4 is 31.6 Å². The van der Waals surface area contributed by atoms with Gasteiger partial charge in [-0.2, -0.15) is 0 Å². The number of anilines is 1. The van der Waals surface area contributed by atoms with Gasteiger partial charge in [-0.15, -0.1) is 0 Å². The fourth-order valence-corrected chi connectivity index (χ4v) is 3.40. The van der Waals surface area contributed by atoms with Crippen molar-refractivity contribution in [3.05, 3.63) is 58.1 Å². The third kappa shape index (κ3) is 4.06. The van der Waals surface area contributed by atoms with Crippen molar-refractivity contribution in [3.63, 3.8) is 0 Å². The number of aryl methyl sites for hydroxylation is 1. The number of nitrogens with one attached hydrogen (secondary N) is 1. The molecule has 0 aliphatic heterocycles. The Morgan fingerprint density at radius 1 is 1.10 bits per heavy atom. The van der Waals surface area contributed by atoms with Crippen molar-refractivity contribution in [2.75, 3.05) is 5.73 Å². The summed E-state index contributed by atoms with van der Waals surface area (Å²) in [7, 11) is -3.55. The lowest BCUT2D eigenvalue weighted by molar-refractivity contribution is 0.581. The summed E-state index contributed by atoms with van der Waals surface area (Å²) in [6, 6.07) is 12.4. The van der Waals surface area contributed by atoms with Crippen molar-refractivity contribution in [2.24, 2.45) is 0 Å². The van der Waals surface area contributed by atoms with Crippen LogP contribution in [0.25, 0.3) is 0 Å². The second kappa shape index (κ2) is 6.60. The molecule has 0 atom stereocenters. The van der Waals surface area contributed by atoms with Crippen molar-refractivity contribution in [1.29, 1.82) is 0 Å². The van der Waals surface area contributed by atoms with Crippen LogP contribution in [0, 0.1) is 0 Å². The van der Waals surface area contributed by atoms with Gasteiger partial charge in [0.2, 0.25) is 10.0 Å². The Hall–Kier alpha value is -1.37. The second-order valence-electron chi connectivity index (χ2n) is 4.68. The van der Waals surface area contributed by atoms with Gasteiger partial charge in [-0.05, 0) is 51.7 Å². The first-order valence-corrected chi connectivity index (χ1v) is 8.82. The van der Waals surface area contributed by atoms with Crippen LogP contribution >= 0.6 is 15.9 Å². The lowest BCUT2D eigenvalue weighted by Gasteiger charge is -2.08. The van der Waals surface area contributed by atoms with E-state index in [9.17, 15) is 8.42 Å². The molecule has 0 fully saturated rings. The lowest BCUT2D eigenvalue weighted by atomic mass is 10.1. The van der Waals surface area contributed by atoms with Crippen molar-refractivity contribution in [1.82, 2.24) is 4.72 Å². The molecule has 0 aliphatic carbocycles. The minimum absolute atomic E-state index is 0.189. The zero-order chi connectivity index (χ0) is 15.5. The summed E-state index contributed by atoms with van der Waals surface area (Å²) in [6.45, 7) is 2.34. The molecule has 0 bridgehead atoms. The van der Waals surface area contributed by atoms with Crippen LogP contribution in [0.2, 0.25) is 0 Å². The average Bonchev–Trinajstić information content (AvgIpc) is 2.48. The molecule has 0 amide bonds. The van der Waals surface area contributed by atoms with Crippen molar-refractivity contribution in [3.8, 4) is 0 Å². The quantitative estimate of drug-likeness (QED) is 0.796. The Bertz CT molecular complexity index is 728. The van der Waals surface area contributed by atoms with Crippen LogP contribution in [0.3, 0.4) is 0 Å². The van der Waals surface area contributed by atoms with E-state index in [0.717, 1.165) is 12.0 Å². The van der Waals surface area contributed by atoms with E-state index < -0.39 is 10.0 Å². The molecular weight excluding hydrogens is 352 g/mol. The molecule has 21 heavy (non-hydrogen) atoms. The summed E-state index contributed by atoms with van der Waals surface area (Å²) >= 11 is 3.23. The van der Waals surface area contributed by atoms with Crippen LogP contribution in [0.1, 0.15) is 18.1 Å². The van der Waals surface area contributed by atoms with Crippen LogP contribution in [0.15, 0.2) is 51.8 Å². The van der Waals surface area contributed by atoms with Crippen molar-refractivity contribution in [2.45, 2.75) is 24.8 Å². The van der Waals surface area contributed by atoms with E-state index >= 15 is 0 Å². The van der Waals surface area contributed by atoms with Gasteiger partial charge >= 0.3 is 0 Å². The Kier molecular flexibility index (Phi) is 5.03. The van der Waals surface area contributed by atoms with E-state index in [2.05, 4.69) is 27.6 Å². The molecule has 2 aromatic rings. The van der Waals surface area contributed by atoms with Gasteiger partial charge in [-0.3, -0.25) is 0 Å². The van der Waals surface area contributed by atoms with Crippen LogP contribution in [-0.4, -0.2) is 8.42 Å². The minimum atomic E-state index is -3.55. The Morgan fingerprint density at radius 2 is 1.71 bits per heavy atom. The van der Waals surface area contributed by atoms with Gasteiger partial charge in [0.05, 0.1) is 4.90 Å². The van der Waals surface area contributed by atoms with Gasteiger partial charge in [0.1, 0.15) is 0 Å². The van der Waals surface area contributed by atoms with E-state index in [-0.39, 0.29) is 11.4 Å². The van der Waals surface area contributed by atoms with Crippen molar-refractivity contribution < 1.29 is 8.42 Å². The first kappa shape index (κ1) is 16.0. The number of halogens is 1. The lowest BCUT2D eigenvalue weighted by Crippen LogP contribution is -2.23. The predicted molar refractivity (Wildman–Crippen MR) is 88.4 cm³/mol. The Balaban J connectivity index is 2.11. The van der Waals surface area contributed by atoms with Gasteiger partial charge in [-0.1, -0.05) is 31.2 Å². The molecule has 0 saturated carbocycles. The molecule has 0 aliphatic rings. The molecule has 112 valence electrons. The van der Waals surface area contributed by atoms with Gasteiger partial charge in [-0.25, -0.2) is 13.1 Å². The molecule has 2 aromatic carbocycles. The van der Waals surface area contributed by atoms with E-state index in [1.807, 2.05) is 24.3 Å². The highest BCUT2D eigenvalue weighted by Gasteiger charge is 2.14. The minimum Gasteiger partial charge on any atom is -0.398 e. The summed E-state index contributed by atoms with van der Waals surface area (Å²) < 4.78 is 27.6. The molecule has 0 aromatic heterocycles. The fraction of sp³-hybridized carbons (Fsp3) is 0.200. The molecule has 2 rings (SSSR count). The summed E-state index contributed by atoms with van der Waals surface area (Å²) in [5, 5.41) is 0. The molecule has 6 heteroatoms. The third-order valence-electron chi connectivity index (χ3n) is 3.18. The van der Waals surface area contributed by atoms with Gasteiger partial charge in [0, 0.05) is 16.7 Å². The Labute approximate surface area is 133 Å². The van der Waals surface area contributed by atoms with E-state index in [4.69, 9.17) is 5.73 Å². The molecule has 0 saturated heterocycles. The highest BCUT2D eigenvalue weighted by Crippen LogP contribution is 2.23. The maximum Gasteiger partial charge on any atom is 0.240 e. The highest BCUT2D eigenvalue weighted by atomic mass is 79.9. The zero-order valence-corrected chi connectivity index (χ0v) is 14.0. The van der Waals surface area contributed by atoms with Gasteiger partial charge in [0.15, 0.2) is 0 Å². The Morgan fingerprint density at radius 3 is 2.29 bits per heavy atom. The summed E-state index contributed by atoms with van der Waals surface area (Å²) in [5.41, 5.74) is 8.31. The molecule has 0 unspecified atom stereocenters. The fourth-order valence-electron chi connectivity index (χ4n) is 1.83. The third-order valence-corrected chi connectivity index (χ3v) is 5.27. The average molecular weight is 369 g/mol. The zero-order valence-electron chi connectivity index (χ0n) is 11.6. The molecular formula is C15H17BrN2O2S. The standard InChI is InChI=1S/C15H17BrN2O2S/c1-2-11-3-5-12(6-4-11)10-18-21(19,20)13-7-8-15(17)14(16)9-13/h3-9,18H,2,10,17H2,1H3. The summed E-state index contributed by atoms with van der Waals surface area (Å²) in [6.07, 6.45) is 0.964. The van der Waals surface area contributed by atoms with Crippen LogP contribution < -0.4 is 10.5 Å². The number of nitrogens with two attached hydrogens (primary N) is 1. The maximum atomic E-state index is 12.2. The number of hydrogen-bond acceptors (Lipinski definition) is 3. The van der Waals surface area contributed by atoms with Crippen LogP contribution in [-0.2, 0) is 23.0 Å². The SMILES string of the molecule is CCc1ccc(CNS(=O)(=O)c2ccc(N)c(Br)c2)cc1. The predicted octanol–water partition coefficient (Wildman–Crippen LogP) is 3.07.